The van der Waals surface area contributed by atoms with E-state index in [1.807, 2.05) is 35.7 Å². The van der Waals surface area contributed by atoms with E-state index in [4.69, 9.17) is 0 Å². The molecular weight excluding hydrogens is 390 g/mol. The lowest BCUT2D eigenvalue weighted by atomic mass is 10.1. The number of carbonyl (C=O) groups is 2. The zero-order chi connectivity index (χ0) is 20.1. The maximum atomic E-state index is 12.2. The Labute approximate surface area is 172 Å². The Morgan fingerprint density at radius 1 is 1.04 bits per heavy atom. The van der Waals surface area contributed by atoms with Crippen molar-refractivity contribution in [2.45, 2.75) is 25.7 Å². The Morgan fingerprint density at radius 2 is 1.79 bits per heavy atom. The van der Waals surface area contributed by atoms with Gasteiger partial charge in [0.05, 0.1) is 11.4 Å². The van der Waals surface area contributed by atoms with Crippen molar-refractivity contribution in [2.75, 3.05) is 16.4 Å². The number of amides is 2. The van der Waals surface area contributed by atoms with Gasteiger partial charge in [0.15, 0.2) is 5.13 Å². The molecule has 0 radical (unpaired) electrons. The second-order valence-corrected chi connectivity index (χ2v) is 8.29. The summed E-state index contributed by atoms with van der Waals surface area (Å²) >= 11 is 2.85. The van der Waals surface area contributed by atoms with Crippen LogP contribution in [-0.2, 0) is 9.59 Å². The van der Waals surface area contributed by atoms with E-state index in [-0.39, 0.29) is 17.6 Å². The Hall–Kier alpha value is -2.64. The fraction of sp³-hybridized carbons (Fsp3) is 0.190. The molecule has 0 spiro atoms. The van der Waals surface area contributed by atoms with E-state index in [9.17, 15) is 9.59 Å². The molecule has 0 unspecified atom stereocenters. The minimum atomic E-state index is -0.108. The first-order chi connectivity index (χ1) is 13.4. The van der Waals surface area contributed by atoms with Crippen molar-refractivity contribution in [3.8, 4) is 11.3 Å². The first kappa shape index (κ1) is 20.1. The van der Waals surface area contributed by atoms with Crippen LogP contribution in [0.15, 0.2) is 52.7 Å². The number of hydrogen-bond acceptors (Lipinski definition) is 5. The summed E-state index contributed by atoms with van der Waals surface area (Å²) in [7, 11) is 0. The average Bonchev–Trinajstić information content (AvgIpc) is 3.11. The van der Waals surface area contributed by atoms with E-state index >= 15 is 0 Å². The maximum Gasteiger partial charge on any atom is 0.236 e. The van der Waals surface area contributed by atoms with Crippen LogP contribution < -0.4 is 10.6 Å². The quantitative estimate of drug-likeness (QED) is 0.553. The van der Waals surface area contributed by atoms with Crippen LogP contribution in [0.3, 0.4) is 0 Å². The number of rotatable bonds is 6. The molecule has 0 bridgehead atoms. The second-order valence-electron chi connectivity index (χ2n) is 6.38. The first-order valence-electron chi connectivity index (χ1n) is 8.74. The van der Waals surface area contributed by atoms with Gasteiger partial charge >= 0.3 is 0 Å². The van der Waals surface area contributed by atoms with Crippen molar-refractivity contribution in [3.63, 3.8) is 0 Å². The molecule has 28 heavy (non-hydrogen) atoms. The summed E-state index contributed by atoms with van der Waals surface area (Å²) in [6.07, 6.45) is 0. The van der Waals surface area contributed by atoms with Gasteiger partial charge in [-0.15, -0.1) is 23.1 Å². The van der Waals surface area contributed by atoms with Gasteiger partial charge < -0.3 is 10.6 Å². The molecule has 7 heteroatoms. The van der Waals surface area contributed by atoms with Crippen LogP contribution in [0.2, 0.25) is 0 Å². The van der Waals surface area contributed by atoms with Gasteiger partial charge in [0.1, 0.15) is 0 Å². The van der Waals surface area contributed by atoms with Gasteiger partial charge in [0, 0.05) is 28.5 Å². The molecule has 5 nitrogen and oxygen atoms in total. The molecule has 0 aliphatic heterocycles. The molecule has 0 atom stereocenters. The Balaban J connectivity index is 1.54. The molecule has 0 fully saturated rings. The van der Waals surface area contributed by atoms with Crippen LogP contribution >= 0.6 is 23.1 Å². The maximum absolute atomic E-state index is 12.2. The van der Waals surface area contributed by atoms with Gasteiger partial charge in [0.2, 0.25) is 11.8 Å². The molecule has 0 saturated heterocycles. The predicted octanol–water partition coefficient (Wildman–Crippen LogP) is 5.12. The highest BCUT2D eigenvalue weighted by atomic mass is 32.2. The zero-order valence-corrected chi connectivity index (χ0v) is 17.5. The van der Waals surface area contributed by atoms with Gasteiger partial charge in [-0.1, -0.05) is 12.1 Å². The minimum Gasteiger partial charge on any atom is -0.326 e. The van der Waals surface area contributed by atoms with E-state index in [2.05, 4.69) is 41.6 Å². The lowest BCUT2D eigenvalue weighted by Crippen LogP contribution is -2.13. The number of thiazole rings is 1. The van der Waals surface area contributed by atoms with Gasteiger partial charge in [-0.25, -0.2) is 4.98 Å². The molecular formula is C21H21N3O2S2. The topological polar surface area (TPSA) is 71.1 Å². The molecule has 0 aliphatic rings. The summed E-state index contributed by atoms with van der Waals surface area (Å²) in [5.74, 6) is 0.0817. The molecule has 3 aromatic rings. The number of aryl methyl sites for hydroxylation is 2. The van der Waals surface area contributed by atoms with Gasteiger partial charge in [-0.3, -0.25) is 9.59 Å². The van der Waals surface area contributed by atoms with Crippen molar-refractivity contribution >= 4 is 45.7 Å². The van der Waals surface area contributed by atoms with E-state index in [0.717, 1.165) is 21.8 Å². The summed E-state index contributed by atoms with van der Waals surface area (Å²) in [5, 5.41) is 8.12. The molecule has 0 saturated carbocycles. The van der Waals surface area contributed by atoms with Crippen molar-refractivity contribution < 1.29 is 9.59 Å². The molecule has 1 aromatic heterocycles. The second kappa shape index (κ2) is 9.03. The number of carbonyl (C=O) groups excluding carboxylic acids is 2. The summed E-state index contributed by atoms with van der Waals surface area (Å²) in [4.78, 5) is 28.7. The van der Waals surface area contributed by atoms with Crippen LogP contribution in [0.4, 0.5) is 10.8 Å². The van der Waals surface area contributed by atoms with Gasteiger partial charge in [0.25, 0.3) is 0 Å². The van der Waals surface area contributed by atoms with E-state index in [1.54, 1.807) is 0 Å². The summed E-state index contributed by atoms with van der Waals surface area (Å²) < 4.78 is 0. The molecule has 144 valence electrons. The summed E-state index contributed by atoms with van der Waals surface area (Å²) in [5.41, 5.74) is 5.12. The molecule has 3 rings (SSSR count). The van der Waals surface area contributed by atoms with E-state index < -0.39 is 0 Å². The number of nitrogens with one attached hydrogen (secondary N) is 2. The Bertz CT molecular complexity index is 997. The van der Waals surface area contributed by atoms with Gasteiger partial charge in [-0.05, 0) is 55.3 Å². The lowest BCUT2D eigenvalue weighted by molar-refractivity contribution is -0.114. The fourth-order valence-corrected chi connectivity index (χ4v) is 3.94. The molecule has 1 heterocycles. The van der Waals surface area contributed by atoms with Crippen LogP contribution in [0.25, 0.3) is 11.3 Å². The van der Waals surface area contributed by atoms with Crippen LogP contribution in [0.1, 0.15) is 18.1 Å². The number of aromatic nitrogens is 1. The normalized spacial score (nSPS) is 10.5. The van der Waals surface area contributed by atoms with Crippen molar-refractivity contribution in [1.29, 1.82) is 0 Å². The van der Waals surface area contributed by atoms with Gasteiger partial charge in [-0.2, -0.15) is 0 Å². The highest BCUT2D eigenvalue weighted by Crippen LogP contribution is 2.27. The SMILES string of the molecule is CC(=O)Nc1ccc(SCC(=O)Nc2nc(-c3ccc(C)c(C)c3)cs2)cc1. The third kappa shape index (κ3) is 5.43. The van der Waals surface area contributed by atoms with Crippen molar-refractivity contribution in [1.82, 2.24) is 4.98 Å². The molecule has 0 aliphatic carbocycles. The summed E-state index contributed by atoms with van der Waals surface area (Å²) in [6.45, 7) is 5.63. The standard InChI is InChI=1S/C21H21N3O2S2/c1-13-4-5-16(10-14(13)2)19-11-28-21(23-19)24-20(26)12-27-18-8-6-17(7-9-18)22-15(3)25/h4-11H,12H2,1-3H3,(H,22,25)(H,23,24,26). The van der Waals surface area contributed by atoms with E-state index in [1.165, 1.54) is 41.1 Å². The third-order valence-corrected chi connectivity index (χ3v) is 5.87. The first-order valence-corrected chi connectivity index (χ1v) is 10.6. The summed E-state index contributed by atoms with van der Waals surface area (Å²) in [6, 6.07) is 13.6. The molecule has 2 amide bonds. The highest BCUT2D eigenvalue weighted by molar-refractivity contribution is 8.00. The number of benzene rings is 2. The van der Waals surface area contributed by atoms with Crippen LogP contribution in [0, 0.1) is 13.8 Å². The zero-order valence-electron chi connectivity index (χ0n) is 15.9. The fourth-order valence-electron chi connectivity index (χ4n) is 2.51. The number of nitrogens with zero attached hydrogens (tertiary/aromatic N) is 1. The number of hydrogen-bond donors (Lipinski definition) is 2. The van der Waals surface area contributed by atoms with E-state index in [0.29, 0.717) is 5.13 Å². The molecule has 2 aromatic carbocycles. The lowest BCUT2D eigenvalue weighted by Gasteiger charge is -2.05. The van der Waals surface area contributed by atoms with Crippen molar-refractivity contribution in [3.05, 3.63) is 59.0 Å². The third-order valence-electron chi connectivity index (χ3n) is 4.10. The van der Waals surface area contributed by atoms with Crippen molar-refractivity contribution in [2.24, 2.45) is 0 Å². The Morgan fingerprint density at radius 3 is 2.46 bits per heavy atom. The van der Waals surface area contributed by atoms with Crippen LogP contribution in [0.5, 0.6) is 0 Å². The minimum absolute atomic E-state index is 0.100. The largest absolute Gasteiger partial charge is 0.326 e. The smallest absolute Gasteiger partial charge is 0.236 e. The average molecular weight is 412 g/mol. The van der Waals surface area contributed by atoms with Crippen LogP contribution in [-0.4, -0.2) is 22.6 Å². The monoisotopic (exact) mass is 411 g/mol. The Kier molecular flexibility index (Phi) is 6.49. The number of anilines is 2. The predicted molar refractivity (Wildman–Crippen MR) is 117 cm³/mol. The highest BCUT2D eigenvalue weighted by Gasteiger charge is 2.09. The molecule has 2 N–H and O–H groups in total. The number of thioether (sulfide) groups is 1.